The van der Waals surface area contributed by atoms with Crippen LogP contribution in [-0.2, 0) is 0 Å². The van der Waals surface area contributed by atoms with E-state index in [4.69, 9.17) is 11.5 Å². The summed E-state index contributed by atoms with van der Waals surface area (Å²) >= 11 is 0. The van der Waals surface area contributed by atoms with E-state index in [0.29, 0.717) is 5.84 Å². The summed E-state index contributed by atoms with van der Waals surface area (Å²) in [6.07, 6.45) is 2.95. The fourth-order valence-corrected chi connectivity index (χ4v) is 0.440. The molecule has 0 aromatic heterocycles. The Labute approximate surface area is 55.4 Å². The van der Waals surface area contributed by atoms with Crippen LogP contribution >= 0.6 is 0 Å². The molecular weight excluding hydrogens is 114 g/mol. The summed E-state index contributed by atoms with van der Waals surface area (Å²) in [7, 11) is 0. The summed E-state index contributed by atoms with van der Waals surface area (Å²) in [6.45, 7) is 3.91. The Morgan fingerprint density at radius 2 is 2.11 bits per heavy atom. The zero-order chi connectivity index (χ0) is 7.28. The maximum Gasteiger partial charge on any atom is 0.119 e. The van der Waals surface area contributed by atoms with E-state index in [1.165, 1.54) is 6.20 Å². The second-order valence-electron chi connectivity index (χ2n) is 2.01. The maximum absolute atomic E-state index is 5.37. The minimum Gasteiger partial charge on any atom is -0.404 e. The molecule has 0 aliphatic carbocycles. The van der Waals surface area contributed by atoms with Crippen molar-refractivity contribution in [1.29, 1.82) is 0 Å². The van der Waals surface area contributed by atoms with Gasteiger partial charge in [0, 0.05) is 6.04 Å². The van der Waals surface area contributed by atoms with Crippen molar-refractivity contribution in [2.75, 3.05) is 0 Å². The van der Waals surface area contributed by atoms with Crippen LogP contribution in [0.2, 0.25) is 0 Å². The molecule has 0 bridgehead atoms. The largest absolute Gasteiger partial charge is 0.404 e. The van der Waals surface area contributed by atoms with Gasteiger partial charge in [-0.25, -0.2) is 0 Å². The van der Waals surface area contributed by atoms with Crippen molar-refractivity contribution in [1.82, 2.24) is 0 Å². The molecular formula is C6H13N3. The van der Waals surface area contributed by atoms with Crippen LogP contribution in [0.3, 0.4) is 0 Å². The van der Waals surface area contributed by atoms with E-state index in [-0.39, 0.29) is 6.04 Å². The molecule has 4 N–H and O–H groups in total. The molecule has 0 unspecified atom stereocenters. The molecule has 0 aliphatic rings. The van der Waals surface area contributed by atoms with Crippen LogP contribution in [0.1, 0.15) is 13.8 Å². The van der Waals surface area contributed by atoms with E-state index in [0.717, 1.165) is 0 Å². The number of amidine groups is 1. The van der Waals surface area contributed by atoms with Crippen molar-refractivity contribution in [3.8, 4) is 0 Å². The molecule has 0 aromatic carbocycles. The van der Waals surface area contributed by atoms with Crippen LogP contribution in [0.4, 0.5) is 0 Å². The van der Waals surface area contributed by atoms with E-state index in [1.54, 1.807) is 6.08 Å². The third-order valence-corrected chi connectivity index (χ3v) is 0.674. The molecule has 0 saturated heterocycles. The number of nitrogens with zero attached hydrogens (tertiary/aromatic N) is 1. The van der Waals surface area contributed by atoms with Gasteiger partial charge in [-0.15, -0.1) is 0 Å². The lowest BCUT2D eigenvalue weighted by Gasteiger charge is -1.95. The normalized spacial score (nSPS) is 13.4. The number of nitrogens with two attached hydrogens (primary N) is 2. The highest BCUT2D eigenvalue weighted by atomic mass is 14.9. The molecule has 0 atom stereocenters. The molecule has 0 heterocycles. The first-order chi connectivity index (χ1) is 4.16. The summed E-state index contributed by atoms with van der Waals surface area (Å²) in [4.78, 5) is 3.99. The highest BCUT2D eigenvalue weighted by molar-refractivity contribution is 5.91. The Hall–Kier alpha value is -0.990. The van der Waals surface area contributed by atoms with Gasteiger partial charge in [0.15, 0.2) is 0 Å². The van der Waals surface area contributed by atoms with Crippen LogP contribution in [0.25, 0.3) is 0 Å². The molecule has 9 heavy (non-hydrogen) atoms. The molecule has 52 valence electrons. The van der Waals surface area contributed by atoms with E-state index < -0.39 is 0 Å². The molecule has 0 fully saturated rings. The van der Waals surface area contributed by atoms with Crippen molar-refractivity contribution in [2.45, 2.75) is 19.9 Å². The van der Waals surface area contributed by atoms with Gasteiger partial charge in [-0.2, -0.15) is 0 Å². The molecule has 0 saturated carbocycles. The van der Waals surface area contributed by atoms with Gasteiger partial charge in [0.05, 0.1) is 0 Å². The van der Waals surface area contributed by atoms with Crippen LogP contribution in [0.5, 0.6) is 0 Å². The Kier molecular flexibility index (Phi) is 3.51. The number of hydrogen-bond donors (Lipinski definition) is 2. The lowest BCUT2D eigenvalue weighted by atomic mass is 10.4. The number of hydrogen-bond acceptors (Lipinski definition) is 2. The first kappa shape index (κ1) is 8.01. The first-order valence-corrected chi connectivity index (χ1v) is 2.88. The van der Waals surface area contributed by atoms with Crippen LogP contribution in [0.15, 0.2) is 17.3 Å². The van der Waals surface area contributed by atoms with Gasteiger partial charge in [0.25, 0.3) is 0 Å². The van der Waals surface area contributed by atoms with Gasteiger partial charge in [-0.05, 0) is 26.1 Å². The second-order valence-corrected chi connectivity index (χ2v) is 2.01. The topological polar surface area (TPSA) is 64.4 Å². The Balaban J connectivity index is 3.84. The van der Waals surface area contributed by atoms with Gasteiger partial charge in [-0.3, -0.25) is 4.99 Å². The molecule has 0 radical (unpaired) electrons. The highest BCUT2D eigenvalue weighted by Crippen LogP contribution is 1.84. The molecule has 0 rings (SSSR count). The number of aliphatic imine (C=N–C) groups is 1. The van der Waals surface area contributed by atoms with Crippen molar-refractivity contribution in [3.05, 3.63) is 12.3 Å². The Morgan fingerprint density at radius 3 is 2.44 bits per heavy atom. The molecule has 0 amide bonds. The molecule has 3 nitrogen and oxygen atoms in total. The van der Waals surface area contributed by atoms with E-state index in [2.05, 4.69) is 4.99 Å². The van der Waals surface area contributed by atoms with E-state index in [1.807, 2.05) is 13.8 Å². The minimum atomic E-state index is 0.237. The molecule has 3 heteroatoms. The highest BCUT2D eigenvalue weighted by Gasteiger charge is 1.86. The van der Waals surface area contributed by atoms with Crippen LogP contribution < -0.4 is 11.5 Å². The minimum absolute atomic E-state index is 0.237. The average molecular weight is 127 g/mol. The van der Waals surface area contributed by atoms with Gasteiger partial charge in [0.1, 0.15) is 5.84 Å². The quantitative estimate of drug-likeness (QED) is 0.412. The second kappa shape index (κ2) is 3.95. The zero-order valence-electron chi connectivity index (χ0n) is 5.83. The van der Waals surface area contributed by atoms with Crippen molar-refractivity contribution in [2.24, 2.45) is 16.5 Å². The summed E-state index contributed by atoms with van der Waals surface area (Å²) in [6, 6.07) is 0.237. The monoisotopic (exact) mass is 127 g/mol. The summed E-state index contributed by atoms with van der Waals surface area (Å²) in [5.41, 5.74) is 10.4. The predicted octanol–water partition coefficient (Wildman–Crippen LogP) is 0.224. The standard InChI is InChI=1S/C6H13N3/c1-5(2)9-6(8)3-4-7/h3-5H,7H2,1-2H3,(H2,8,9). The van der Waals surface area contributed by atoms with Gasteiger partial charge < -0.3 is 11.5 Å². The lowest BCUT2D eigenvalue weighted by Crippen LogP contribution is -2.11. The van der Waals surface area contributed by atoms with Crippen molar-refractivity contribution >= 4 is 5.84 Å². The Morgan fingerprint density at radius 1 is 1.56 bits per heavy atom. The zero-order valence-corrected chi connectivity index (χ0v) is 5.83. The van der Waals surface area contributed by atoms with Crippen molar-refractivity contribution in [3.63, 3.8) is 0 Å². The van der Waals surface area contributed by atoms with Crippen LogP contribution in [0, 0.1) is 0 Å². The van der Waals surface area contributed by atoms with Crippen LogP contribution in [-0.4, -0.2) is 11.9 Å². The fraction of sp³-hybridized carbons (Fsp3) is 0.500. The van der Waals surface area contributed by atoms with Gasteiger partial charge in [0.2, 0.25) is 0 Å². The SMILES string of the molecule is CC(C)N=C(N)C=CN. The summed E-state index contributed by atoms with van der Waals surface area (Å²) < 4.78 is 0. The third-order valence-electron chi connectivity index (χ3n) is 0.674. The molecule has 0 aromatic rings. The third kappa shape index (κ3) is 4.87. The van der Waals surface area contributed by atoms with Gasteiger partial charge >= 0.3 is 0 Å². The fourth-order valence-electron chi connectivity index (χ4n) is 0.440. The molecule has 0 spiro atoms. The predicted molar refractivity (Wildman–Crippen MR) is 40.1 cm³/mol. The lowest BCUT2D eigenvalue weighted by molar-refractivity contribution is 0.835. The average Bonchev–Trinajstić information content (AvgIpc) is 1.63. The van der Waals surface area contributed by atoms with E-state index in [9.17, 15) is 0 Å². The first-order valence-electron chi connectivity index (χ1n) is 2.88. The maximum atomic E-state index is 5.37. The van der Waals surface area contributed by atoms with E-state index >= 15 is 0 Å². The smallest absolute Gasteiger partial charge is 0.119 e. The van der Waals surface area contributed by atoms with Crippen molar-refractivity contribution < 1.29 is 0 Å². The van der Waals surface area contributed by atoms with Gasteiger partial charge in [-0.1, -0.05) is 0 Å². The summed E-state index contributed by atoms with van der Waals surface area (Å²) in [5, 5.41) is 0. The number of rotatable bonds is 2. The summed E-state index contributed by atoms with van der Waals surface area (Å²) in [5.74, 6) is 0.479. The molecule has 0 aliphatic heterocycles. The Bertz CT molecular complexity index is 124.